The van der Waals surface area contributed by atoms with E-state index < -0.39 is 0 Å². The maximum Gasteiger partial charge on any atom is 0.129 e. The maximum absolute atomic E-state index is 6.13. The fourth-order valence-corrected chi connectivity index (χ4v) is 2.48. The van der Waals surface area contributed by atoms with Crippen LogP contribution in [0.4, 0.5) is 0 Å². The number of rotatable bonds is 4. The van der Waals surface area contributed by atoms with E-state index in [0.717, 1.165) is 21.9 Å². The molecule has 1 aliphatic rings. The molecule has 1 aromatic carbocycles. The average molecular weight is 266 g/mol. The molecule has 1 aliphatic carbocycles. The van der Waals surface area contributed by atoms with E-state index in [2.05, 4.69) is 9.55 Å². The third kappa shape index (κ3) is 2.00. The number of hydrogen-bond donors (Lipinski definition) is 1. The van der Waals surface area contributed by atoms with Crippen LogP contribution in [0, 0.1) is 0 Å². The zero-order valence-electron chi connectivity index (χ0n) is 10.3. The number of nitrogens with zero attached hydrogens (tertiary/aromatic N) is 2. The Morgan fingerprint density at radius 2 is 2.33 bits per heavy atom. The van der Waals surface area contributed by atoms with Crippen molar-refractivity contribution in [2.75, 3.05) is 13.7 Å². The van der Waals surface area contributed by atoms with Crippen LogP contribution < -0.4 is 5.73 Å². The number of nitrogens with two attached hydrogens (primary N) is 1. The molecule has 18 heavy (non-hydrogen) atoms. The predicted octanol–water partition coefficient (Wildman–Crippen LogP) is 2.67. The first-order valence-corrected chi connectivity index (χ1v) is 6.50. The van der Waals surface area contributed by atoms with Crippen LogP contribution in [0.5, 0.6) is 0 Å². The summed E-state index contributed by atoms with van der Waals surface area (Å²) >= 11 is 6.07. The minimum atomic E-state index is -0.193. The largest absolute Gasteiger partial charge is 0.383 e. The van der Waals surface area contributed by atoms with Gasteiger partial charge in [0, 0.05) is 18.2 Å². The molecule has 0 saturated heterocycles. The molecule has 5 heteroatoms. The summed E-state index contributed by atoms with van der Waals surface area (Å²) in [7, 11) is 1.65. The topological polar surface area (TPSA) is 53.1 Å². The van der Waals surface area contributed by atoms with Gasteiger partial charge in [0.15, 0.2) is 0 Å². The maximum atomic E-state index is 6.13. The molecule has 0 aliphatic heterocycles. The second-order valence-electron chi connectivity index (χ2n) is 4.77. The fourth-order valence-electron chi connectivity index (χ4n) is 2.32. The predicted molar refractivity (Wildman–Crippen MR) is 71.8 cm³/mol. The molecule has 0 spiro atoms. The Balaban J connectivity index is 2.15. The minimum absolute atomic E-state index is 0.193. The summed E-state index contributed by atoms with van der Waals surface area (Å²) in [4.78, 5) is 4.63. The summed E-state index contributed by atoms with van der Waals surface area (Å²) in [5.74, 6) is 0.900. The lowest BCUT2D eigenvalue weighted by Gasteiger charge is -2.13. The first kappa shape index (κ1) is 12.0. The highest BCUT2D eigenvalue weighted by Gasteiger charge is 2.30. The van der Waals surface area contributed by atoms with E-state index in [1.54, 1.807) is 7.11 Å². The lowest BCUT2D eigenvalue weighted by Crippen LogP contribution is -2.20. The molecule has 2 N–H and O–H groups in total. The van der Waals surface area contributed by atoms with Gasteiger partial charge in [-0.3, -0.25) is 0 Å². The molecule has 2 aromatic rings. The molecule has 0 amide bonds. The monoisotopic (exact) mass is 265 g/mol. The van der Waals surface area contributed by atoms with Crippen molar-refractivity contribution in [3.8, 4) is 0 Å². The first-order valence-electron chi connectivity index (χ1n) is 6.12. The van der Waals surface area contributed by atoms with Crippen LogP contribution in [0.2, 0.25) is 5.02 Å². The van der Waals surface area contributed by atoms with Crippen LogP contribution in [0.3, 0.4) is 0 Å². The number of benzene rings is 1. The van der Waals surface area contributed by atoms with Gasteiger partial charge in [-0.2, -0.15) is 0 Å². The van der Waals surface area contributed by atoms with Crippen molar-refractivity contribution in [2.45, 2.75) is 24.9 Å². The van der Waals surface area contributed by atoms with E-state index in [4.69, 9.17) is 22.1 Å². The van der Waals surface area contributed by atoms with Crippen LogP contribution >= 0.6 is 11.6 Å². The van der Waals surface area contributed by atoms with E-state index in [9.17, 15) is 0 Å². The molecular formula is C13H16ClN3O. The van der Waals surface area contributed by atoms with Crippen LogP contribution in [0.15, 0.2) is 18.2 Å². The molecular weight excluding hydrogens is 250 g/mol. The van der Waals surface area contributed by atoms with Crippen LogP contribution in [-0.2, 0) is 4.74 Å². The number of imidazole rings is 1. The number of aromatic nitrogens is 2. The molecule has 1 unspecified atom stereocenters. The number of hydrogen-bond acceptors (Lipinski definition) is 3. The zero-order chi connectivity index (χ0) is 12.7. The molecule has 0 radical (unpaired) electrons. The Labute approximate surface area is 111 Å². The van der Waals surface area contributed by atoms with Gasteiger partial charge in [-0.1, -0.05) is 11.6 Å². The van der Waals surface area contributed by atoms with Gasteiger partial charge >= 0.3 is 0 Å². The molecule has 1 fully saturated rings. The molecule has 1 atom stereocenters. The molecule has 3 rings (SSSR count). The summed E-state index contributed by atoms with van der Waals surface area (Å²) in [6.07, 6.45) is 2.37. The number of ether oxygens (including phenoxy) is 1. The normalized spacial score (nSPS) is 17.3. The summed E-state index contributed by atoms with van der Waals surface area (Å²) in [6, 6.07) is 6.10. The van der Waals surface area contributed by atoms with E-state index in [1.807, 2.05) is 18.2 Å². The Bertz CT molecular complexity index is 577. The van der Waals surface area contributed by atoms with Gasteiger partial charge in [0.1, 0.15) is 5.82 Å². The number of methoxy groups -OCH3 is 1. The SMILES string of the molecule is COCC(N)c1nc2ccc(Cl)cc2n1C1CC1. The second kappa shape index (κ2) is 4.53. The number of halogens is 1. The van der Waals surface area contributed by atoms with Crippen molar-refractivity contribution < 1.29 is 4.74 Å². The van der Waals surface area contributed by atoms with E-state index in [-0.39, 0.29) is 6.04 Å². The summed E-state index contributed by atoms with van der Waals surface area (Å²) in [6.45, 7) is 0.476. The number of fused-ring (bicyclic) bond motifs is 1. The summed E-state index contributed by atoms with van der Waals surface area (Å²) in [5.41, 5.74) is 8.16. The van der Waals surface area contributed by atoms with Crippen molar-refractivity contribution in [1.82, 2.24) is 9.55 Å². The fraction of sp³-hybridized carbons (Fsp3) is 0.462. The van der Waals surface area contributed by atoms with Gasteiger partial charge in [-0.25, -0.2) is 4.98 Å². The van der Waals surface area contributed by atoms with Crippen molar-refractivity contribution >= 4 is 22.6 Å². The molecule has 1 aromatic heterocycles. The van der Waals surface area contributed by atoms with Gasteiger partial charge in [0.25, 0.3) is 0 Å². The van der Waals surface area contributed by atoms with Gasteiger partial charge in [-0.05, 0) is 31.0 Å². The average Bonchev–Trinajstić information content (AvgIpc) is 3.10. The Hall–Kier alpha value is -1.10. The molecule has 1 saturated carbocycles. The Morgan fingerprint density at radius 1 is 1.56 bits per heavy atom. The van der Waals surface area contributed by atoms with Crippen molar-refractivity contribution in [2.24, 2.45) is 5.73 Å². The third-order valence-electron chi connectivity index (χ3n) is 3.27. The summed E-state index contributed by atoms with van der Waals surface area (Å²) in [5, 5.41) is 0.733. The van der Waals surface area contributed by atoms with Gasteiger partial charge in [-0.15, -0.1) is 0 Å². The molecule has 1 heterocycles. The lowest BCUT2D eigenvalue weighted by atomic mass is 10.3. The highest BCUT2D eigenvalue weighted by molar-refractivity contribution is 6.31. The van der Waals surface area contributed by atoms with E-state index in [0.29, 0.717) is 12.6 Å². The van der Waals surface area contributed by atoms with Crippen molar-refractivity contribution in [1.29, 1.82) is 0 Å². The first-order chi connectivity index (χ1) is 8.70. The summed E-state index contributed by atoms with van der Waals surface area (Å²) < 4.78 is 7.36. The Morgan fingerprint density at radius 3 is 3.00 bits per heavy atom. The van der Waals surface area contributed by atoms with Crippen molar-refractivity contribution in [3.05, 3.63) is 29.0 Å². The van der Waals surface area contributed by atoms with Gasteiger partial charge < -0.3 is 15.0 Å². The van der Waals surface area contributed by atoms with Crippen molar-refractivity contribution in [3.63, 3.8) is 0 Å². The standard InChI is InChI=1S/C13H16ClN3O/c1-18-7-10(15)13-16-11-5-2-8(14)6-12(11)17(13)9-3-4-9/h2,5-6,9-10H,3-4,7,15H2,1H3. The van der Waals surface area contributed by atoms with E-state index in [1.165, 1.54) is 12.8 Å². The second-order valence-corrected chi connectivity index (χ2v) is 5.20. The van der Waals surface area contributed by atoms with Gasteiger partial charge in [0.2, 0.25) is 0 Å². The van der Waals surface area contributed by atoms with Crippen LogP contribution in [-0.4, -0.2) is 23.3 Å². The quantitative estimate of drug-likeness (QED) is 0.925. The zero-order valence-corrected chi connectivity index (χ0v) is 11.0. The molecule has 0 bridgehead atoms. The Kier molecular flexibility index (Phi) is 3.01. The third-order valence-corrected chi connectivity index (χ3v) is 3.50. The smallest absolute Gasteiger partial charge is 0.129 e. The van der Waals surface area contributed by atoms with Crippen LogP contribution in [0.25, 0.3) is 11.0 Å². The van der Waals surface area contributed by atoms with Gasteiger partial charge in [0.05, 0.1) is 23.7 Å². The molecule has 4 nitrogen and oxygen atoms in total. The lowest BCUT2D eigenvalue weighted by molar-refractivity contribution is 0.177. The highest BCUT2D eigenvalue weighted by atomic mass is 35.5. The van der Waals surface area contributed by atoms with Crippen LogP contribution in [0.1, 0.15) is 30.7 Å². The molecule has 96 valence electrons. The minimum Gasteiger partial charge on any atom is -0.383 e. The highest BCUT2D eigenvalue weighted by Crippen LogP contribution is 2.40. The van der Waals surface area contributed by atoms with E-state index >= 15 is 0 Å².